The first-order valence-corrected chi connectivity index (χ1v) is 14.6. The van der Waals surface area contributed by atoms with Gasteiger partial charge in [-0.25, -0.2) is 37.8 Å². The summed E-state index contributed by atoms with van der Waals surface area (Å²) < 4.78 is 1.98. The number of barbiturate groups is 1. The molecule has 13 nitrogen and oxygen atoms in total. The lowest BCUT2D eigenvalue weighted by atomic mass is 9.76. The molecule has 0 radical (unpaired) electrons. The molecule has 2 atom stereocenters. The van der Waals surface area contributed by atoms with Crippen molar-refractivity contribution in [3.63, 3.8) is 0 Å². The average molecular weight is 594 g/mol. The molecule has 1 aromatic heterocycles. The number of aliphatic hydroxyl groups excluding tert-OH is 2. The molecule has 0 aliphatic carbocycles. The number of imide groups is 2. The molecule has 0 aromatic carbocycles. The third kappa shape index (κ3) is 5.94. The van der Waals surface area contributed by atoms with Gasteiger partial charge in [0.2, 0.25) is 11.8 Å². The summed E-state index contributed by atoms with van der Waals surface area (Å²) in [5, 5.41) is 22.2. The maximum Gasteiger partial charge on any atom is 0.336 e. The fourth-order valence-corrected chi connectivity index (χ4v) is 5.38. The van der Waals surface area contributed by atoms with Crippen LogP contribution in [0.2, 0.25) is 0 Å². The Morgan fingerprint density at radius 3 is 1.76 bits per heavy atom. The molecule has 1 saturated heterocycles. The first-order valence-electron chi connectivity index (χ1n) is 14.6. The van der Waals surface area contributed by atoms with Gasteiger partial charge in [0, 0.05) is 5.54 Å². The number of urea groups is 1. The summed E-state index contributed by atoms with van der Waals surface area (Å²) in [7, 11) is 0. The van der Waals surface area contributed by atoms with E-state index in [4.69, 9.17) is 0 Å². The average Bonchev–Trinajstić information content (AvgIpc) is 2.92. The van der Waals surface area contributed by atoms with Gasteiger partial charge in [0.1, 0.15) is 5.41 Å². The fourth-order valence-electron chi connectivity index (χ4n) is 5.38. The Balaban J connectivity index is 2.72. The van der Waals surface area contributed by atoms with E-state index in [2.05, 4.69) is 6.58 Å². The maximum atomic E-state index is 13.7. The second-order valence-corrected chi connectivity index (χ2v) is 12.3. The summed E-state index contributed by atoms with van der Waals surface area (Å²) in [6, 6.07) is -1.06. The number of hydrogen-bond donors (Lipinski definition) is 2. The Labute approximate surface area is 246 Å². The van der Waals surface area contributed by atoms with Crippen LogP contribution in [-0.4, -0.2) is 69.4 Å². The molecule has 1 fully saturated rings. The summed E-state index contributed by atoms with van der Waals surface area (Å²) in [4.78, 5) is 82.5. The van der Waals surface area contributed by atoms with Gasteiger partial charge in [-0.05, 0) is 44.9 Å². The van der Waals surface area contributed by atoms with Crippen molar-refractivity contribution in [3.8, 4) is 0 Å². The number of nitrogens with zero attached hydrogens (tertiary/aromatic N) is 5. The topological polar surface area (TPSA) is 164 Å². The van der Waals surface area contributed by atoms with Gasteiger partial charge < -0.3 is 10.2 Å². The van der Waals surface area contributed by atoms with Crippen LogP contribution in [0.3, 0.4) is 0 Å². The third-order valence-corrected chi connectivity index (χ3v) is 8.81. The predicted molar refractivity (Wildman–Crippen MR) is 157 cm³/mol. The highest BCUT2D eigenvalue weighted by molar-refractivity contribution is 6.19. The van der Waals surface area contributed by atoms with Crippen LogP contribution in [0.25, 0.3) is 0 Å². The van der Waals surface area contributed by atoms with Crippen molar-refractivity contribution < 1.29 is 24.6 Å². The Kier molecular flexibility index (Phi) is 10.7. The molecule has 236 valence electrons. The Hall–Kier alpha value is -3.32. The normalized spacial score (nSPS) is 17.5. The first-order chi connectivity index (χ1) is 19.4. The van der Waals surface area contributed by atoms with Crippen molar-refractivity contribution >= 4 is 17.8 Å². The van der Waals surface area contributed by atoms with Gasteiger partial charge in [-0.2, -0.15) is 0 Å². The van der Waals surface area contributed by atoms with E-state index in [1.807, 2.05) is 6.92 Å². The van der Waals surface area contributed by atoms with E-state index in [0.29, 0.717) is 26.9 Å². The summed E-state index contributed by atoms with van der Waals surface area (Å²) in [5.41, 5.74) is -6.48. The molecule has 0 bridgehead atoms. The molecule has 42 heavy (non-hydrogen) atoms. The minimum Gasteiger partial charge on any atom is -0.391 e. The monoisotopic (exact) mass is 593 g/mol. The summed E-state index contributed by atoms with van der Waals surface area (Å²) in [6.07, 6.45) is -0.0737. The second-order valence-electron chi connectivity index (χ2n) is 12.3. The van der Waals surface area contributed by atoms with Crippen LogP contribution < -0.4 is 17.1 Å². The number of aliphatic hydroxyl groups is 2. The molecule has 1 aliphatic rings. The van der Waals surface area contributed by atoms with Crippen LogP contribution in [0.4, 0.5) is 4.79 Å². The molecule has 2 heterocycles. The van der Waals surface area contributed by atoms with E-state index in [1.165, 1.54) is 6.08 Å². The highest BCUT2D eigenvalue weighted by atomic mass is 16.3. The SMILES string of the molecule is C=CCn1c(=O)n(CC(O)N2C(=O)N(C(C)(C)CC)C(=O)C(CC)(CC)C2=O)c(=O)n(CC(O)C(C)(C)CCC)c1=O. The van der Waals surface area contributed by atoms with Crippen LogP contribution >= 0.6 is 0 Å². The molecule has 1 aliphatic heterocycles. The van der Waals surface area contributed by atoms with Crippen molar-refractivity contribution in [3.05, 3.63) is 44.1 Å². The predicted octanol–water partition coefficient (Wildman–Crippen LogP) is 1.65. The largest absolute Gasteiger partial charge is 0.391 e. The molecule has 2 rings (SSSR count). The number of carbonyl (C=O) groups excluding carboxylic acids is 3. The first kappa shape index (κ1) is 34.9. The second kappa shape index (κ2) is 12.9. The summed E-state index contributed by atoms with van der Waals surface area (Å²) in [6.45, 7) is 15.9. The molecule has 0 spiro atoms. The van der Waals surface area contributed by atoms with Gasteiger partial charge in [0.25, 0.3) is 0 Å². The fraction of sp³-hybridized carbons (Fsp3) is 0.724. The highest BCUT2D eigenvalue weighted by Gasteiger charge is 2.59. The number of allylic oxidation sites excluding steroid dienone is 1. The molecule has 2 unspecified atom stereocenters. The lowest BCUT2D eigenvalue weighted by Gasteiger charge is -2.49. The number of carbonyl (C=O) groups is 3. The smallest absolute Gasteiger partial charge is 0.336 e. The standard InChI is InChI=1S/C29H47N5O8/c1-10-15-27(6,7)19(35)17-31-23(39)30(16-11-2)24(40)32(25(31)41)18-20(36)33-21(37)29(13-4,14-5)22(38)34(26(33)42)28(8,9)12-3/h11,19-20,35-36H,2,10,12-18H2,1,3-9H3. The molecule has 2 N–H and O–H groups in total. The van der Waals surface area contributed by atoms with Gasteiger partial charge in [0.15, 0.2) is 6.23 Å². The molecule has 1 aromatic rings. The Morgan fingerprint density at radius 1 is 0.810 bits per heavy atom. The van der Waals surface area contributed by atoms with Crippen molar-refractivity contribution in [2.45, 2.75) is 125 Å². The molecular weight excluding hydrogens is 546 g/mol. The van der Waals surface area contributed by atoms with Gasteiger partial charge in [-0.3, -0.25) is 14.5 Å². The zero-order chi connectivity index (χ0) is 32.4. The summed E-state index contributed by atoms with van der Waals surface area (Å²) in [5.74, 6) is -1.59. The number of rotatable bonds is 14. The third-order valence-electron chi connectivity index (χ3n) is 8.81. The molecule has 4 amide bonds. The number of amides is 4. The zero-order valence-corrected chi connectivity index (χ0v) is 26.2. The van der Waals surface area contributed by atoms with E-state index < -0.39 is 76.7 Å². The minimum atomic E-state index is -2.03. The Morgan fingerprint density at radius 2 is 1.31 bits per heavy atom. The van der Waals surface area contributed by atoms with Gasteiger partial charge in [-0.1, -0.05) is 54.0 Å². The van der Waals surface area contributed by atoms with Gasteiger partial charge in [-0.15, -0.1) is 6.58 Å². The van der Waals surface area contributed by atoms with E-state index >= 15 is 0 Å². The van der Waals surface area contributed by atoms with Crippen molar-refractivity contribution in [1.82, 2.24) is 23.5 Å². The zero-order valence-electron chi connectivity index (χ0n) is 26.2. The van der Waals surface area contributed by atoms with Gasteiger partial charge in [0.05, 0.1) is 25.7 Å². The quantitative estimate of drug-likeness (QED) is 0.243. The van der Waals surface area contributed by atoms with Crippen molar-refractivity contribution in [2.75, 3.05) is 0 Å². The Bertz CT molecular complexity index is 1380. The van der Waals surface area contributed by atoms with Gasteiger partial charge >= 0.3 is 23.1 Å². The maximum absolute atomic E-state index is 13.7. The molecule has 13 heteroatoms. The lowest BCUT2D eigenvalue weighted by Crippen LogP contribution is -2.71. The summed E-state index contributed by atoms with van der Waals surface area (Å²) >= 11 is 0. The molecular formula is C29H47N5O8. The van der Waals surface area contributed by atoms with Crippen molar-refractivity contribution in [2.24, 2.45) is 10.8 Å². The number of hydrogen-bond acceptors (Lipinski definition) is 8. The van der Waals surface area contributed by atoms with E-state index in [1.54, 1.807) is 48.5 Å². The van der Waals surface area contributed by atoms with Crippen LogP contribution in [-0.2, 0) is 29.2 Å². The minimum absolute atomic E-state index is 0.0519. The molecule has 0 saturated carbocycles. The van der Waals surface area contributed by atoms with Crippen LogP contribution in [0.1, 0.15) is 87.5 Å². The highest BCUT2D eigenvalue weighted by Crippen LogP contribution is 2.40. The van der Waals surface area contributed by atoms with Crippen LogP contribution in [0.15, 0.2) is 27.0 Å². The van der Waals surface area contributed by atoms with E-state index in [9.17, 15) is 39.0 Å². The lowest BCUT2D eigenvalue weighted by molar-refractivity contribution is -0.170. The van der Waals surface area contributed by atoms with Crippen LogP contribution in [0.5, 0.6) is 0 Å². The van der Waals surface area contributed by atoms with Crippen LogP contribution in [0, 0.1) is 10.8 Å². The number of aromatic nitrogens is 3. The van der Waals surface area contributed by atoms with Crippen molar-refractivity contribution in [1.29, 1.82) is 0 Å². The van der Waals surface area contributed by atoms with E-state index in [-0.39, 0.29) is 19.4 Å². The van der Waals surface area contributed by atoms with E-state index in [0.717, 1.165) is 15.9 Å².